The minimum Gasteiger partial charge on any atom is -0.342 e. The maximum Gasteiger partial charge on any atom is 0.226 e. The van der Waals surface area contributed by atoms with Crippen LogP contribution in [0.15, 0.2) is 12.2 Å². The molecule has 1 saturated heterocycles. The molecule has 2 atom stereocenters. The third-order valence-corrected chi connectivity index (χ3v) is 5.98. The maximum atomic E-state index is 12.7. The van der Waals surface area contributed by atoms with Gasteiger partial charge in [0.1, 0.15) is 0 Å². The van der Waals surface area contributed by atoms with Crippen LogP contribution in [0.1, 0.15) is 53.6 Å². The normalized spacial score (nSPS) is 26.1. The highest BCUT2D eigenvalue weighted by molar-refractivity contribution is 7.11. The van der Waals surface area contributed by atoms with Crippen molar-refractivity contribution in [3.05, 3.63) is 27.7 Å². The summed E-state index contributed by atoms with van der Waals surface area (Å²) in [7, 11) is 0. The minimum absolute atomic E-state index is 0.216. The lowest BCUT2D eigenvalue weighted by Crippen LogP contribution is -2.42. The van der Waals surface area contributed by atoms with E-state index in [0.717, 1.165) is 44.5 Å². The summed E-state index contributed by atoms with van der Waals surface area (Å²) in [5.41, 5.74) is 1.15. The molecule has 1 fully saturated rings. The zero-order valence-electron chi connectivity index (χ0n) is 13.0. The first-order chi connectivity index (χ1) is 10.1. The van der Waals surface area contributed by atoms with Gasteiger partial charge in [-0.05, 0) is 46.0 Å². The summed E-state index contributed by atoms with van der Waals surface area (Å²) in [6.45, 7) is 6.01. The molecule has 0 radical (unpaired) electrons. The van der Waals surface area contributed by atoms with E-state index in [9.17, 15) is 4.79 Å². The number of rotatable bonds is 2. The number of allylic oxidation sites excluding steroid dienone is 2. The van der Waals surface area contributed by atoms with Crippen LogP contribution in [0.25, 0.3) is 0 Å². The number of aromatic nitrogens is 1. The molecule has 0 aromatic carbocycles. The number of aryl methyl sites for hydroxylation is 2. The third-order valence-electron chi connectivity index (χ3n) is 4.75. The highest BCUT2D eigenvalue weighted by Crippen LogP contribution is 2.32. The summed E-state index contributed by atoms with van der Waals surface area (Å²) in [6, 6.07) is 0. The first kappa shape index (κ1) is 14.8. The summed E-state index contributed by atoms with van der Waals surface area (Å²) < 4.78 is 0. The second-order valence-corrected chi connectivity index (χ2v) is 7.53. The van der Waals surface area contributed by atoms with Gasteiger partial charge in [0.05, 0.1) is 10.7 Å². The molecule has 0 spiro atoms. The fraction of sp³-hybridized carbons (Fsp3) is 0.647. The van der Waals surface area contributed by atoms with Crippen LogP contribution in [0, 0.1) is 19.8 Å². The number of likely N-dealkylation sites (tertiary alicyclic amines) is 1. The van der Waals surface area contributed by atoms with E-state index in [4.69, 9.17) is 4.98 Å². The second kappa shape index (κ2) is 6.30. The highest BCUT2D eigenvalue weighted by Gasteiger charge is 2.30. The van der Waals surface area contributed by atoms with Gasteiger partial charge in [0.15, 0.2) is 0 Å². The average Bonchev–Trinajstić information content (AvgIpc) is 2.87. The van der Waals surface area contributed by atoms with Crippen LogP contribution in [0.5, 0.6) is 0 Å². The van der Waals surface area contributed by atoms with E-state index >= 15 is 0 Å². The third kappa shape index (κ3) is 3.20. The molecule has 1 aliphatic heterocycles. The Kier molecular flexibility index (Phi) is 4.43. The van der Waals surface area contributed by atoms with Gasteiger partial charge < -0.3 is 4.90 Å². The first-order valence-electron chi connectivity index (χ1n) is 8.03. The molecule has 3 rings (SSSR count). The smallest absolute Gasteiger partial charge is 0.226 e. The summed E-state index contributed by atoms with van der Waals surface area (Å²) >= 11 is 1.81. The molecule has 1 amide bonds. The van der Waals surface area contributed by atoms with Gasteiger partial charge in [-0.25, -0.2) is 4.98 Å². The van der Waals surface area contributed by atoms with Gasteiger partial charge in [-0.2, -0.15) is 0 Å². The monoisotopic (exact) mass is 304 g/mol. The Labute approximate surface area is 131 Å². The van der Waals surface area contributed by atoms with E-state index in [1.54, 1.807) is 0 Å². The van der Waals surface area contributed by atoms with Gasteiger partial charge >= 0.3 is 0 Å². The number of hydrogen-bond donors (Lipinski definition) is 0. The van der Waals surface area contributed by atoms with Crippen molar-refractivity contribution in [3.63, 3.8) is 0 Å². The highest BCUT2D eigenvalue weighted by atomic mass is 32.1. The van der Waals surface area contributed by atoms with Crippen LogP contribution < -0.4 is 0 Å². The quantitative estimate of drug-likeness (QED) is 0.778. The Balaban J connectivity index is 1.67. The topological polar surface area (TPSA) is 33.2 Å². The lowest BCUT2D eigenvalue weighted by atomic mass is 9.91. The van der Waals surface area contributed by atoms with Crippen molar-refractivity contribution in [2.45, 2.75) is 51.9 Å². The zero-order chi connectivity index (χ0) is 14.8. The number of nitrogens with zero attached hydrogens (tertiary/aromatic N) is 2. The van der Waals surface area contributed by atoms with Crippen molar-refractivity contribution < 1.29 is 4.79 Å². The maximum absolute atomic E-state index is 12.7. The Hall–Kier alpha value is -1.16. The predicted octanol–water partition coefficient (Wildman–Crippen LogP) is 3.82. The lowest BCUT2D eigenvalue weighted by molar-refractivity contribution is -0.137. The average molecular weight is 304 g/mol. The first-order valence-corrected chi connectivity index (χ1v) is 8.84. The van der Waals surface area contributed by atoms with E-state index < -0.39 is 0 Å². The number of hydrogen-bond acceptors (Lipinski definition) is 3. The number of carbonyl (C=O) groups excluding carboxylic acids is 1. The molecule has 0 unspecified atom stereocenters. The molecule has 0 N–H and O–H groups in total. The molecule has 114 valence electrons. The standard InChI is InChI=1S/C17H24N2OS/c1-12-13(2)21-16(18-12)15-9-6-10-19(11-15)17(20)14-7-4-3-5-8-14/h3-4,14-15H,5-11H2,1-2H3/t14-,15-/m1/s1. The molecule has 0 saturated carbocycles. The molecule has 2 heterocycles. The molecule has 3 nitrogen and oxygen atoms in total. The zero-order valence-corrected chi connectivity index (χ0v) is 13.8. The molecular weight excluding hydrogens is 280 g/mol. The van der Waals surface area contributed by atoms with E-state index in [1.807, 2.05) is 11.3 Å². The summed E-state index contributed by atoms with van der Waals surface area (Å²) in [5.74, 6) is 1.03. The van der Waals surface area contributed by atoms with Crippen LogP contribution in [0.2, 0.25) is 0 Å². The van der Waals surface area contributed by atoms with Crippen LogP contribution in [-0.2, 0) is 4.79 Å². The van der Waals surface area contributed by atoms with Gasteiger partial charge in [0.25, 0.3) is 0 Å². The van der Waals surface area contributed by atoms with Crippen molar-refractivity contribution in [2.24, 2.45) is 5.92 Å². The van der Waals surface area contributed by atoms with Crippen molar-refractivity contribution >= 4 is 17.2 Å². The fourth-order valence-electron chi connectivity index (χ4n) is 3.33. The van der Waals surface area contributed by atoms with Gasteiger partial charge in [-0.3, -0.25) is 4.79 Å². The summed E-state index contributed by atoms with van der Waals surface area (Å²) in [5, 5.41) is 1.23. The van der Waals surface area contributed by atoms with Crippen LogP contribution in [0.4, 0.5) is 0 Å². The SMILES string of the molecule is Cc1nc([C@@H]2CCCN(C(=O)[C@@H]3CC=CCC3)C2)sc1C. The van der Waals surface area contributed by atoms with E-state index in [1.165, 1.54) is 16.3 Å². The van der Waals surface area contributed by atoms with E-state index in [0.29, 0.717) is 11.8 Å². The Morgan fingerprint density at radius 2 is 2.19 bits per heavy atom. The van der Waals surface area contributed by atoms with Crippen LogP contribution in [0.3, 0.4) is 0 Å². The van der Waals surface area contributed by atoms with Gasteiger partial charge in [0.2, 0.25) is 5.91 Å². The lowest BCUT2D eigenvalue weighted by Gasteiger charge is -2.34. The van der Waals surface area contributed by atoms with Crippen molar-refractivity contribution in [3.8, 4) is 0 Å². The molecule has 1 aromatic heterocycles. The van der Waals surface area contributed by atoms with Crippen LogP contribution in [-0.4, -0.2) is 28.9 Å². The van der Waals surface area contributed by atoms with Crippen molar-refractivity contribution in [2.75, 3.05) is 13.1 Å². The van der Waals surface area contributed by atoms with Gasteiger partial charge in [-0.1, -0.05) is 12.2 Å². The van der Waals surface area contributed by atoms with Crippen molar-refractivity contribution in [1.29, 1.82) is 0 Å². The van der Waals surface area contributed by atoms with Crippen molar-refractivity contribution in [1.82, 2.24) is 9.88 Å². The molecule has 21 heavy (non-hydrogen) atoms. The number of carbonyl (C=O) groups is 1. The Morgan fingerprint density at radius 1 is 1.33 bits per heavy atom. The Bertz CT molecular complexity index is 529. The second-order valence-electron chi connectivity index (χ2n) is 6.30. The summed E-state index contributed by atoms with van der Waals surface area (Å²) in [4.78, 5) is 20.8. The number of amides is 1. The molecule has 0 bridgehead atoms. The molecular formula is C17H24N2OS. The Morgan fingerprint density at radius 3 is 2.86 bits per heavy atom. The largest absolute Gasteiger partial charge is 0.342 e. The molecule has 1 aliphatic carbocycles. The predicted molar refractivity (Wildman–Crippen MR) is 86.6 cm³/mol. The summed E-state index contributed by atoms with van der Waals surface area (Å²) in [6.07, 6.45) is 9.64. The van der Waals surface area contributed by atoms with Gasteiger partial charge in [-0.15, -0.1) is 11.3 Å². The van der Waals surface area contributed by atoms with E-state index in [2.05, 4.69) is 30.9 Å². The molecule has 2 aliphatic rings. The van der Waals surface area contributed by atoms with Crippen LogP contribution >= 0.6 is 11.3 Å². The molecule has 1 aromatic rings. The fourth-order valence-corrected chi connectivity index (χ4v) is 4.38. The van der Waals surface area contributed by atoms with Gasteiger partial charge in [0, 0.05) is 29.8 Å². The number of piperidine rings is 1. The molecule has 4 heteroatoms. The van der Waals surface area contributed by atoms with E-state index in [-0.39, 0.29) is 5.92 Å². The number of thiazole rings is 1. The minimum atomic E-state index is 0.216.